The number of Topliss-reactive ketones (excluding diaryl/α,β-unsaturated/α-hetero) is 1. The molecule has 2 aromatic rings. The molecule has 8 heteroatoms. The first kappa shape index (κ1) is 19.3. The molecule has 0 spiro atoms. The Kier molecular flexibility index (Phi) is 5.74. The van der Waals surface area contributed by atoms with Gasteiger partial charge in [0.25, 0.3) is 0 Å². The van der Waals surface area contributed by atoms with Crippen LogP contribution in [0.1, 0.15) is 41.6 Å². The number of pyridine rings is 1. The molecule has 0 radical (unpaired) electrons. The zero-order valence-corrected chi connectivity index (χ0v) is 16.5. The van der Waals surface area contributed by atoms with Gasteiger partial charge in [0.2, 0.25) is 0 Å². The van der Waals surface area contributed by atoms with E-state index >= 15 is 0 Å². The highest BCUT2D eigenvalue weighted by atomic mass is 79.9. The molecule has 0 bridgehead atoms. The molecule has 1 aliphatic carbocycles. The summed E-state index contributed by atoms with van der Waals surface area (Å²) in [6.07, 6.45) is 2.45. The number of hydrogen-bond acceptors (Lipinski definition) is 4. The van der Waals surface area contributed by atoms with E-state index in [4.69, 9.17) is 4.74 Å². The van der Waals surface area contributed by atoms with Gasteiger partial charge in [-0.1, -0.05) is 6.92 Å². The predicted octanol–water partition coefficient (Wildman–Crippen LogP) is 4.26. The molecule has 1 aromatic heterocycles. The molecule has 2 atom stereocenters. The SMILES string of the molecule is CCC(=O)c1ccc(F)c([C@H]2C[C@H]2NC(=O)Nc2ccc(Br)cn2)c1OC. The zero-order chi connectivity index (χ0) is 19.6. The molecule has 0 aliphatic heterocycles. The van der Waals surface area contributed by atoms with E-state index in [1.54, 1.807) is 25.3 Å². The van der Waals surface area contributed by atoms with Crippen molar-refractivity contribution < 1.29 is 18.7 Å². The number of carbonyl (C=O) groups excluding carboxylic acids is 2. The molecule has 0 saturated heterocycles. The van der Waals surface area contributed by atoms with E-state index in [1.165, 1.54) is 19.2 Å². The molecular weight excluding hydrogens is 417 g/mol. The lowest BCUT2D eigenvalue weighted by molar-refractivity contribution is 0.0985. The predicted molar refractivity (Wildman–Crippen MR) is 103 cm³/mol. The smallest absolute Gasteiger partial charge is 0.320 e. The summed E-state index contributed by atoms with van der Waals surface area (Å²) in [4.78, 5) is 28.3. The van der Waals surface area contributed by atoms with Crippen LogP contribution in [0.3, 0.4) is 0 Å². The number of nitrogens with one attached hydrogen (secondary N) is 2. The Bertz CT molecular complexity index is 873. The third-order valence-electron chi connectivity index (χ3n) is 4.42. The van der Waals surface area contributed by atoms with E-state index in [2.05, 4.69) is 31.5 Å². The summed E-state index contributed by atoms with van der Waals surface area (Å²) in [7, 11) is 1.42. The van der Waals surface area contributed by atoms with E-state index in [1.807, 2.05) is 0 Å². The number of aromatic nitrogens is 1. The highest BCUT2D eigenvalue weighted by Crippen LogP contribution is 2.47. The summed E-state index contributed by atoms with van der Waals surface area (Å²) < 4.78 is 20.6. The molecule has 27 heavy (non-hydrogen) atoms. The van der Waals surface area contributed by atoms with Crippen molar-refractivity contribution in [3.63, 3.8) is 0 Å². The molecule has 1 saturated carbocycles. The van der Waals surface area contributed by atoms with E-state index in [0.717, 1.165) is 4.47 Å². The molecule has 1 fully saturated rings. The fourth-order valence-corrected chi connectivity index (χ4v) is 3.23. The Labute approximate surface area is 164 Å². The quantitative estimate of drug-likeness (QED) is 0.664. The number of ether oxygens (including phenoxy) is 1. The average molecular weight is 436 g/mol. The number of urea groups is 1. The van der Waals surface area contributed by atoms with Crippen molar-refractivity contribution in [1.29, 1.82) is 0 Å². The summed E-state index contributed by atoms with van der Waals surface area (Å²) in [5.74, 6) is -0.132. The Morgan fingerprint density at radius 1 is 1.33 bits per heavy atom. The number of nitrogens with zero attached hydrogens (tertiary/aromatic N) is 1. The second kappa shape index (κ2) is 8.04. The molecule has 142 valence electrons. The molecule has 2 amide bonds. The summed E-state index contributed by atoms with van der Waals surface area (Å²) >= 11 is 3.27. The molecule has 1 aliphatic rings. The van der Waals surface area contributed by atoms with Gasteiger partial charge in [-0.2, -0.15) is 0 Å². The largest absolute Gasteiger partial charge is 0.496 e. The number of halogens is 2. The molecule has 1 heterocycles. The summed E-state index contributed by atoms with van der Waals surface area (Å²) in [5.41, 5.74) is 0.703. The molecule has 2 N–H and O–H groups in total. The first-order valence-corrected chi connectivity index (χ1v) is 9.32. The molecule has 0 unspecified atom stereocenters. The highest BCUT2D eigenvalue weighted by molar-refractivity contribution is 9.10. The Morgan fingerprint density at radius 2 is 2.11 bits per heavy atom. The second-order valence-corrected chi connectivity index (χ2v) is 7.14. The molecule has 1 aromatic carbocycles. The van der Waals surface area contributed by atoms with Gasteiger partial charge < -0.3 is 10.1 Å². The van der Waals surface area contributed by atoms with Crippen LogP contribution in [0.4, 0.5) is 15.0 Å². The minimum Gasteiger partial charge on any atom is -0.496 e. The van der Waals surface area contributed by atoms with E-state index < -0.39 is 11.8 Å². The number of anilines is 1. The second-order valence-electron chi connectivity index (χ2n) is 6.23. The van der Waals surface area contributed by atoms with Crippen LogP contribution in [-0.4, -0.2) is 29.9 Å². The summed E-state index contributed by atoms with van der Waals surface area (Å²) in [5, 5.41) is 5.43. The van der Waals surface area contributed by atoms with Crippen LogP contribution < -0.4 is 15.4 Å². The van der Waals surface area contributed by atoms with Gasteiger partial charge in [-0.15, -0.1) is 0 Å². The van der Waals surface area contributed by atoms with Crippen molar-refractivity contribution in [2.75, 3.05) is 12.4 Å². The van der Waals surface area contributed by atoms with Gasteiger partial charge in [0.05, 0.1) is 12.7 Å². The topological polar surface area (TPSA) is 80.3 Å². The number of amides is 2. The highest BCUT2D eigenvalue weighted by Gasteiger charge is 2.43. The summed E-state index contributed by atoms with van der Waals surface area (Å²) in [6, 6.07) is 5.49. The monoisotopic (exact) mass is 435 g/mol. The third-order valence-corrected chi connectivity index (χ3v) is 4.88. The molecule has 3 rings (SSSR count). The third kappa shape index (κ3) is 4.27. The first-order valence-electron chi connectivity index (χ1n) is 8.53. The zero-order valence-electron chi connectivity index (χ0n) is 14.9. The number of hydrogen-bond donors (Lipinski definition) is 2. The van der Waals surface area contributed by atoms with Gasteiger partial charge in [0.1, 0.15) is 17.4 Å². The number of methoxy groups -OCH3 is 1. The van der Waals surface area contributed by atoms with Crippen molar-refractivity contribution in [1.82, 2.24) is 10.3 Å². The van der Waals surface area contributed by atoms with E-state index in [0.29, 0.717) is 29.8 Å². The Morgan fingerprint density at radius 3 is 2.74 bits per heavy atom. The number of carbonyl (C=O) groups is 2. The minimum atomic E-state index is -0.441. The van der Waals surface area contributed by atoms with Crippen LogP contribution in [-0.2, 0) is 0 Å². The fourth-order valence-electron chi connectivity index (χ4n) is 3.00. The van der Waals surface area contributed by atoms with Crippen molar-refractivity contribution in [3.05, 3.63) is 51.9 Å². The lowest BCUT2D eigenvalue weighted by atomic mass is 10.00. The van der Waals surface area contributed by atoms with Gasteiger partial charge in [-0.3, -0.25) is 10.1 Å². The van der Waals surface area contributed by atoms with Gasteiger partial charge in [-0.05, 0) is 46.6 Å². The van der Waals surface area contributed by atoms with Crippen molar-refractivity contribution in [3.8, 4) is 5.75 Å². The first-order chi connectivity index (χ1) is 12.9. The van der Waals surface area contributed by atoms with Gasteiger partial charge in [-0.25, -0.2) is 14.2 Å². The van der Waals surface area contributed by atoms with Gasteiger partial charge in [0.15, 0.2) is 5.78 Å². The number of benzene rings is 1. The van der Waals surface area contributed by atoms with Crippen LogP contribution in [0.25, 0.3) is 0 Å². The van der Waals surface area contributed by atoms with Gasteiger partial charge >= 0.3 is 6.03 Å². The lowest BCUT2D eigenvalue weighted by Gasteiger charge is -2.14. The van der Waals surface area contributed by atoms with Crippen molar-refractivity contribution in [2.24, 2.45) is 0 Å². The maximum Gasteiger partial charge on any atom is 0.320 e. The lowest BCUT2D eigenvalue weighted by Crippen LogP contribution is -2.31. The fraction of sp³-hybridized carbons (Fsp3) is 0.316. The van der Waals surface area contributed by atoms with Crippen LogP contribution in [0, 0.1) is 5.82 Å². The van der Waals surface area contributed by atoms with Crippen LogP contribution in [0.2, 0.25) is 0 Å². The maximum absolute atomic E-state index is 14.4. The number of ketones is 1. The Balaban J connectivity index is 1.71. The maximum atomic E-state index is 14.4. The van der Waals surface area contributed by atoms with Gasteiger partial charge in [0, 0.05) is 34.6 Å². The molecule has 6 nitrogen and oxygen atoms in total. The van der Waals surface area contributed by atoms with Crippen LogP contribution in [0.5, 0.6) is 5.75 Å². The van der Waals surface area contributed by atoms with Crippen LogP contribution in [0.15, 0.2) is 34.9 Å². The molecular formula is C19H19BrFN3O3. The minimum absolute atomic E-state index is 0.114. The normalized spacial score (nSPS) is 17.9. The van der Waals surface area contributed by atoms with Crippen LogP contribution >= 0.6 is 15.9 Å². The average Bonchev–Trinajstić information content (AvgIpc) is 3.40. The standard InChI is InChI=1S/C19H19BrFN3O3/c1-3-15(25)11-5-6-13(21)17(18(11)27-2)12-8-14(12)23-19(26)24-16-7-4-10(20)9-22-16/h4-7,9,12,14H,3,8H2,1-2H3,(H2,22,23,24,26)/t12-,14+/m0/s1. The van der Waals surface area contributed by atoms with Crippen molar-refractivity contribution in [2.45, 2.75) is 31.7 Å². The Hall–Kier alpha value is -2.48. The summed E-state index contributed by atoms with van der Waals surface area (Å²) in [6.45, 7) is 1.74. The van der Waals surface area contributed by atoms with Crippen molar-refractivity contribution >= 4 is 33.6 Å². The number of rotatable bonds is 6. The van der Waals surface area contributed by atoms with E-state index in [-0.39, 0.29) is 23.5 Å². The van der Waals surface area contributed by atoms with E-state index in [9.17, 15) is 14.0 Å².